The molecule has 0 aliphatic carbocycles. The van der Waals surface area contributed by atoms with Gasteiger partial charge in [-0.2, -0.15) is 0 Å². The van der Waals surface area contributed by atoms with Crippen molar-refractivity contribution in [1.29, 1.82) is 0 Å². The van der Waals surface area contributed by atoms with E-state index in [-0.39, 0.29) is 17.0 Å². The van der Waals surface area contributed by atoms with Crippen LogP contribution < -0.4 is 15.5 Å². The Bertz CT molecular complexity index is 965. The molecule has 29 heavy (non-hydrogen) atoms. The maximum absolute atomic E-state index is 14.7. The topological polar surface area (TPSA) is 47.6 Å². The number of nitrogens with one attached hydrogen (secondary N) is 2. The van der Waals surface area contributed by atoms with Gasteiger partial charge in [0.05, 0.1) is 16.9 Å². The number of anilines is 3. The van der Waals surface area contributed by atoms with E-state index in [2.05, 4.69) is 29.4 Å². The molecule has 2 aliphatic rings. The molecule has 2 heterocycles. The van der Waals surface area contributed by atoms with Crippen molar-refractivity contribution >= 4 is 28.5 Å². The van der Waals surface area contributed by atoms with E-state index in [1.165, 1.54) is 18.3 Å². The highest BCUT2D eigenvalue weighted by Gasteiger charge is 2.27. The van der Waals surface area contributed by atoms with Crippen LogP contribution in [0, 0.1) is 11.6 Å². The summed E-state index contributed by atoms with van der Waals surface area (Å²) in [4.78, 5) is 16.6. The zero-order valence-electron chi connectivity index (χ0n) is 16.5. The van der Waals surface area contributed by atoms with Gasteiger partial charge in [-0.15, -0.1) is 0 Å². The van der Waals surface area contributed by atoms with E-state index in [0.29, 0.717) is 23.1 Å². The van der Waals surface area contributed by atoms with Gasteiger partial charge in [-0.25, -0.2) is 8.78 Å². The Kier molecular flexibility index (Phi) is 5.24. The highest BCUT2D eigenvalue weighted by atomic mass is 19.1. The molecule has 0 bridgehead atoms. The molecule has 2 aromatic rings. The molecule has 0 atom stereocenters. The quantitative estimate of drug-likeness (QED) is 0.767. The molecule has 0 spiro atoms. The van der Waals surface area contributed by atoms with E-state index in [9.17, 15) is 13.6 Å². The fraction of sp³-hybridized carbons (Fsp3) is 0.318. The van der Waals surface area contributed by atoms with E-state index in [1.807, 2.05) is 4.90 Å². The lowest BCUT2D eigenvalue weighted by molar-refractivity contribution is -0.110. The van der Waals surface area contributed by atoms with Gasteiger partial charge in [-0.3, -0.25) is 9.69 Å². The van der Waals surface area contributed by atoms with Crippen LogP contribution >= 0.6 is 0 Å². The number of benzene rings is 2. The van der Waals surface area contributed by atoms with Gasteiger partial charge >= 0.3 is 0 Å². The number of carbonyl (C=O) groups is 1. The van der Waals surface area contributed by atoms with Gasteiger partial charge in [-0.05, 0) is 44.2 Å². The Hall–Kier alpha value is -2.93. The first-order valence-corrected chi connectivity index (χ1v) is 9.79. The maximum atomic E-state index is 14.7. The molecule has 4 rings (SSSR count). The van der Waals surface area contributed by atoms with Crippen molar-refractivity contribution in [2.24, 2.45) is 0 Å². The zero-order valence-corrected chi connectivity index (χ0v) is 16.5. The predicted molar refractivity (Wildman–Crippen MR) is 112 cm³/mol. The highest BCUT2D eigenvalue weighted by Crippen LogP contribution is 2.34. The molecule has 0 unspecified atom stereocenters. The molecule has 152 valence electrons. The van der Waals surface area contributed by atoms with Crippen molar-refractivity contribution in [3.05, 3.63) is 59.8 Å². The van der Waals surface area contributed by atoms with Crippen LogP contribution in [0.2, 0.25) is 0 Å². The first-order valence-electron chi connectivity index (χ1n) is 9.79. The smallest absolute Gasteiger partial charge is 0.257 e. The van der Waals surface area contributed by atoms with Gasteiger partial charge in [0.25, 0.3) is 5.91 Å². The Morgan fingerprint density at radius 3 is 2.52 bits per heavy atom. The van der Waals surface area contributed by atoms with Gasteiger partial charge in [0, 0.05) is 49.7 Å². The Morgan fingerprint density at radius 1 is 1.07 bits per heavy atom. The minimum Gasteiger partial charge on any atom is -0.367 e. The second-order valence-electron chi connectivity index (χ2n) is 7.60. The summed E-state index contributed by atoms with van der Waals surface area (Å²) in [5.74, 6) is -1.19. The van der Waals surface area contributed by atoms with Gasteiger partial charge < -0.3 is 15.5 Å². The molecule has 7 heteroatoms. The lowest BCUT2D eigenvalue weighted by Crippen LogP contribution is -2.49. The van der Waals surface area contributed by atoms with Crippen LogP contribution in [0.1, 0.15) is 19.4 Å². The van der Waals surface area contributed by atoms with E-state index < -0.39 is 11.7 Å². The number of piperazine rings is 1. The summed E-state index contributed by atoms with van der Waals surface area (Å²) in [5, 5.41) is 5.55. The number of halogens is 2. The van der Waals surface area contributed by atoms with Gasteiger partial charge in [-0.1, -0.05) is 6.07 Å². The number of rotatable bonds is 4. The summed E-state index contributed by atoms with van der Waals surface area (Å²) >= 11 is 0. The average Bonchev–Trinajstić information content (AvgIpc) is 3.03. The minimum absolute atomic E-state index is 0.187. The van der Waals surface area contributed by atoms with E-state index >= 15 is 0 Å². The van der Waals surface area contributed by atoms with E-state index in [1.54, 1.807) is 24.3 Å². The molecule has 1 fully saturated rings. The third-order valence-corrected chi connectivity index (χ3v) is 5.49. The molecule has 1 saturated heterocycles. The summed E-state index contributed by atoms with van der Waals surface area (Å²) < 4.78 is 28.8. The molecular weight excluding hydrogens is 374 g/mol. The fourth-order valence-electron chi connectivity index (χ4n) is 3.83. The first-order chi connectivity index (χ1) is 13.9. The molecule has 2 aromatic carbocycles. The number of nitrogens with zero attached hydrogens (tertiary/aromatic N) is 2. The summed E-state index contributed by atoms with van der Waals surface area (Å²) in [6.45, 7) is 7.71. The largest absolute Gasteiger partial charge is 0.367 e. The van der Waals surface area contributed by atoms with Crippen molar-refractivity contribution in [1.82, 2.24) is 4.90 Å². The van der Waals surface area contributed by atoms with Gasteiger partial charge in [0.15, 0.2) is 0 Å². The molecule has 2 N–H and O–H groups in total. The maximum Gasteiger partial charge on any atom is 0.257 e. The molecule has 5 nitrogen and oxygen atoms in total. The van der Waals surface area contributed by atoms with Crippen LogP contribution in [0.25, 0.3) is 5.57 Å². The van der Waals surface area contributed by atoms with Crippen molar-refractivity contribution in [3.63, 3.8) is 0 Å². The fourth-order valence-corrected chi connectivity index (χ4v) is 3.83. The Balaban J connectivity index is 1.49. The SMILES string of the molecule is CC(C)N1CCN(c2ccc(N/C=C3/C(=O)Nc4cccc(F)c43)cc2F)CC1. The zero-order chi connectivity index (χ0) is 20.5. The van der Waals surface area contributed by atoms with Crippen molar-refractivity contribution in [2.45, 2.75) is 19.9 Å². The normalized spacial score (nSPS) is 18.3. The second-order valence-corrected chi connectivity index (χ2v) is 7.60. The van der Waals surface area contributed by atoms with E-state index in [4.69, 9.17) is 0 Å². The summed E-state index contributed by atoms with van der Waals surface area (Å²) in [7, 11) is 0. The second kappa shape index (κ2) is 7.83. The number of amides is 1. The number of hydrogen-bond donors (Lipinski definition) is 2. The standard InChI is InChI=1S/C22H24F2N4O/c1-14(2)27-8-10-28(11-9-27)20-7-6-15(12-18(20)24)25-13-16-21-17(23)4-3-5-19(21)26-22(16)29/h3-7,12-14,25H,8-11H2,1-2H3,(H,26,29)/b16-13+. The third-order valence-electron chi connectivity index (χ3n) is 5.49. The highest BCUT2D eigenvalue weighted by molar-refractivity contribution is 6.31. The molecule has 1 amide bonds. The summed E-state index contributed by atoms with van der Waals surface area (Å²) in [6, 6.07) is 9.88. The lowest BCUT2D eigenvalue weighted by Gasteiger charge is -2.38. The lowest BCUT2D eigenvalue weighted by atomic mass is 10.1. The van der Waals surface area contributed by atoms with Gasteiger partial charge in [0.1, 0.15) is 11.6 Å². The Labute approximate surface area is 169 Å². The van der Waals surface area contributed by atoms with Crippen LogP contribution in [0.5, 0.6) is 0 Å². The minimum atomic E-state index is -0.476. The van der Waals surface area contributed by atoms with E-state index in [0.717, 1.165) is 26.2 Å². The van der Waals surface area contributed by atoms with Gasteiger partial charge in [0.2, 0.25) is 0 Å². The summed E-state index contributed by atoms with van der Waals surface area (Å²) in [5.41, 5.74) is 1.92. The third kappa shape index (κ3) is 3.82. The average molecular weight is 398 g/mol. The Morgan fingerprint density at radius 2 is 1.83 bits per heavy atom. The molecule has 0 saturated carbocycles. The number of hydrogen-bond acceptors (Lipinski definition) is 4. The van der Waals surface area contributed by atoms with Crippen LogP contribution in [0.3, 0.4) is 0 Å². The molecule has 2 aliphatic heterocycles. The van der Waals surface area contributed by atoms with Crippen molar-refractivity contribution < 1.29 is 13.6 Å². The predicted octanol–water partition coefficient (Wildman–Crippen LogP) is 3.90. The first kappa shape index (κ1) is 19.4. The molecular formula is C22H24F2N4O. The monoisotopic (exact) mass is 398 g/mol. The summed E-state index contributed by atoms with van der Waals surface area (Å²) in [6.07, 6.45) is 1.42. The van der Waals surface area contributed by atoms with Crippen molar-refractivity contribution in [3.8, 4) is 0 Å². The molecule has 0 aromatic heterocycles. The molecule has 0 radical (unpaired) electrons. The number of fused-ring (bicyclic) bond motifs is 1. The van der Waals surface area contributed by atoms with Crippen LogP contribution in [-0.2, 0) is 4.79 Å². The van der Waals surface area contributed by atoms with Crippen LogP contribution in [0.4, 0.5) is 25.8 Å². The number of carbonyl (C=O) groups excluding carboxylic acids is 1. The van der Waals surface area contributed by atoms with Crippen LogP contribution in [-0.4, -0.2) is 43.0 Å². The van der Waals surface area contributed by atoms with Crippen LogP contribution in [0.15, 0.2) is 42.6 Å². The van der Waals surface area contributed by atoms with Crippen molar-refractivity contribution in [2.75, 3.05) is 41.7 Å².